The van der Waals surface area contributed by atoms with Crippen LogP contribution in [0.15, 0.2) is 36.2 Å². The molecule has 0 fully saturated rings. The highest BCUT2D eigenvalue weighted by molar-refractivity contribution is 5.32. The van der Waals surface area contributed by atoms with Crippen molar-refractivity contribution in [3.8, 4) is 0 Å². The molecule has 0 saturated carbocycles. The Kier molecular flexibility index (Phi) is 1.20. The van der Waals surface area contributed by atoms with Crippen LogP contribution in [0.2, 0.25) is 0 Å². The molecule has 1 heteroatoms. The summed E-state index contributed by atoms with van der Waals surface area (Å²) in [5, 5.41) is 2.99. The smallest absolute Gasteiger partial charge is 0.0336 e. The summed E-state index contributed by atoms with van der Waals surface area (Å²) in [6, 6.07) is 0. The predicted molar refractivity (Wildman–Crippen MR) is 35.2 cm³/mol. The topological polar surface area (TPSA) is 12.0 Å². The lowest BCUT2D eigenvalue weighted by Crippen LogP contribution is -2.06. The molecule has 8 heavy (non-hydrogen) atoms. The Bertz CT molecular complexity index is 163. The minimum atomic E-state index is 0.993. The van der Waals surface area contributed by atoms with Crippen molar-refractivity contribution >= 4 is 0 Å². The van der Waals surface area contributed by atoms with Crippen molar-refractivity contribution in [3.63, 3.8) is 0 Å². The van der Waals surface area contributed by atoms with Gasteiger partial charge in [0.2, 0.25) is 0 Å². The van der Waals surface area contributed by atoms with E-state index in [4.69, 9.17) is 0 Å². The van der Waals surface area contributed by atoms with Gasteiger partial charge in [-0.3, -0.25) is 0 Å². The Labute approximate surface area is 49.4 Å². The Balaban J connectivity index is 2.80. The van der Waals surface area contributed by atoms with Crippen LogP contribution in [0, 0.1) is 0 Å². The molecule has 0 spiro atoms. The van der Waals surface area contributed by atoms with Crippen LogP contribution < -0.4 is 5.32 Å². The SMILES string of the molecule is C=C1NC=CC=C1C. The van der Waals surface area contributed by atoms with Gasteiger partial charge in [-0.05, 0) is 18.6 Å². The molecule has 42 valence electrons. The zero-order valence-electron chi connectivity index (χ0n) is 4.94. The van der Waals surface area contributed by atoms with Gasteiger partial charge in [0.15, 0.2) is 0 Å². The molecule has 0 aromatic heterocycles. The second kappa shape index (κ2) is 1.86. The standard InChI is InChI=1S/C7H9N/c1-6-4-3-5-8-7(6)2/h3-5,8H,2H2,1H3. The Morgan fingerprint density at radius 3 is 2.75 bits per heavy atom. The number of dihydropyridines is 1. The number of hydrogen-bond acceptors (Lipinski definition) is 1. The minimum Gasteiger partial charge on any atom is -0.362 e. The van der Waals surface area contributed by atoms with Crippen LogP contribution in [-0.2, 0) is 0 Å². The quantitative estimate of drug-likeness (QED) is 0.495. The number of allylic oxidation sites excluding steroid dienone is 3. The van der Waals surface area contributed by atoms with E-state index >= 15 is 0 Å². The van der Waals surface area contributed by atoms with Crippen molar-refractivity contribution in [2.45, 2.75) is 6.92 Å². The molecule has 0 aromatic rings. The highest BCUT2D eigenvalue weighted by Gasteiger charge is 1.93. The first-order valence-electron chi connectivity index (χ1n) is 2.60. The zero-order chi connectivity index (χ0) is 5.98. The molecule has 1 N–H and O–H groups in total. The normalized spacial score (nSPS) is 17.6. The van der Waals surface area contributed by atoms with Crippen molar-refractivity contribution in [1.82, 2.24) is 5.32 Å². The van der Waals surface area contributed by atoms with Crippen LogP contribution in [0.4, 0.5) is 0 Å². The minimum absolute atomic E-state index is 0.993. The lowest BCUT2D eigenvalue weighted by atomic mass is 10.2. The van der Waals surface area contributed by atoms with E-state index in [1.807, 2.05) is 25.3 Å². The van der Waals surface area contributed by atoms with E-state index in [-0.39, 0.29) is 0 Å². The molecule has 0 radical (unpaired) electrons. The lowest BCUT2D eigenvalue weighted by Gasteiger charge is -2.07. The molecule has 1 aliphatic heterocycles. The van der Waals surface area contributed by atoms with Crippen LogP contribution in [0.3, 0.4) is 0 Å². The van der Waals surface area contributed by atoms with Gasteiger partial charge in [-0.15, -0.1) is 0 Å². The molecular weight excluding hydrogens is 98.1 g/mol. The predicted octanol–water partition coefficient (Wildman–Crippen LogP) is 1.56. The van der Waals surface area contributed by atoms with E-state index in [0.29, 0.717) is 0 Å². The summed E-state index contributed by atoms with van der Waals surface area (Å²) < 4.78 is 0. The Morgan fingerprint density at radius 2 is 2.38 bits per heavy atom. The van der Waals surface area contributed by atoms with Gasteiger partial charge in [0.1, 0.15) is 0 Å². The average Bonchev–Trinajstić information content (AvgIpc) is 1.77. The fraction of sp³-hybridized carbons (Fsp3) is 0.143. The van der Waals surface area contributed by atoms with Crippen LogP contribution in [0.1, 0.15) is 6.92 Å². The molecule has 0 atom stereocenters. The fourth-order valence-electron chi connectivity index (χ4n) is 0.556. The van der Waals surface area contributed by atoms with Crippen molar-refractivity contribution in [2.75, 3.05) is 0 Å². The van der Waals surface area contributed by atoms with E-state index in [0.717, 1.165) is 5.70 Å². The maximum absolute atomic E-state index is 3.76. The van der Waals surface area contributed by atoms with E-state index in [2.05, 4.69) is 11.9 Å². The van der Waals surface area contributed by atoms with Crippen LogP contribution in [-0.4, -0.2) is 0 Å². The highest BCUT2D eigenvalue weighted by atomic mass is 14.8. The molecular formula is C7H9N. The summed E-state index contributed by atoms with van der Waals surface area (Å²) >= 11 is 0. The van der Waals surface area contributed by atoms with Gasteiger partial charge in [-0.25, -0.2) is 0 Å². The van der Waals surface area contributed by atoms with Crippen molar-refractivity contribution < 1.29 is 0 Å². The van der Waals surface area contributed by atoms with Gasteiger partial charge < -0.3 is 5.32 Å². The zero-order valence-corrected chi connectivity index (χ0v) is 4.94. The van der Waals surface area contributed by atoms with Crippen LogP contribution in [0.25, 0.3) is 0 Å². The highest BCUT2D eigenvalue weighted by Crippen LogP contribution is 2.05. The summed E-state index contributed by atoms with van der Waals surface area (Å²) in [6.07, 6.45) is 5.86. The third kappa shape index (κ3) is 0.808. The monoisotopic (exact) mass is 107 g/mol. The first-order valence-corrected chi connectivity index (χ1v) is 2.60. The molecule has 1 heterocycles. The van der Waals surface area contributed by atoms with Crippen molar-refractivity contribution in [2.24, 2.45) is 0 Å². The molecule has 0 aromatic carbocycles. The molecule has 1 aliphatic rings. The summed E-state index contributed by atoms with van der Waals surface area (Å²) in [4.78, 5) is 0. The summed E-state index contributed by atoms with van der Waals surface area (Å²) in [6.45, 7) is 5.79. The van der Waals surface area contributed by atoms with E-state index in [9.17, 15) is 0 Å². The van der Waals surface area contributed by atoms with E-state index in [1.165, 1.54) is 5.57 Å². The van der Waals surface area contributed by atoms with Gasteiger partial charge in [0, 0.05) is 11.9 Å². The summed E-state index contributed by atoms with van der Waals surface area (Å²) in [7, 11) is 0. The fourth-order valence-corrected chi connectivity index (χ4v) is 0.556. The third-order valence-electron chi connectivity index (χ3n) is 1.18. The van der Waals surface area contributed by atoms with E-state index < -0.39 is 0 Å². The molecule has 1 rings (SSSR count). The van der Waals surface area contributed by atoms with Gasteiger partial charge >= 0.3 is 0 Å². The van der Waals surface area contributed by atoms with Gasteiger partial charge in [0.05, 0.1) is 0 Å². The van der Waals surface area contributed by atoms with Crippen molar-refractivity contribution in [1.29, 1.82) is 0 Å². The number of rotatable bonds is 0. The Hall–Kier alpha value is -0.980. The third-order valence-corrected chi connectivity index (χ3v) is 1.18. The first-order chi connectivity index (χ1) is 3.80. The maximum atomic E-state index is 3.76. The number of nitrogens with one attached hydrogen (secondary N) is 1. The maximum Gasteiger partial charge on any atom is 0.0336 e. The van der Waals surface area contributed by atoms with Gasteiger partial charge in [0.25, 0.3) is 0 Å². The number of hydrogen-bond donors (Lipinski definition) is 1. The van der Waals surface area contributed by atoms with Crippen molar-refractivity contribution in [3.05, 3.63) is 36.2 Å². The second-order valence-corrected chi connectivity index (χ2v) is 1.83. The van der Waals surface area contributed by atoms with Gasteiger partial charge in [-0.1, -0.05) is 12.7 Å². The lowest BCUT2D eigenvalue weighted by molar-refractivity contribution is 1.06. The summed E-state index contributed by atoms with van der Waals surface area (Å²) in [5.74, 6) is 0. The average molecular weight is 107 g/mol. The molecule has 0 amide bonds. The molecule has 0 unspecified atom stereocenters. The first kappa shape index (κ1) is 5.16. The van der Waals surface area contributed by atoms with Crippen LogP contribution in [0.5, 0.6) is 0 Å². The molecule has 0 bridgehead atoms. The molecule has 0 aliphatic carbocycles. The van der Waals surface area contributed by atoms with E-state index in [1.54, 1.807) is 0 Å². The van der Waals surface area contributed by atoms with Gasteiger partial charge in [-0.2, -0.15) is 0 Å². The largest absolute Gasteiger partial charge is 0.362 e. The molecule has 1 nitrogen and oxygen atoms in total. The van der Waals surface area contributed by atoms with Crippen LogP contribution >= 0.6 is 0 Å². The second-order valence-electron chi connectivity index (χ2n) is 1.83. The molecule has 0 saturated heterocycles. The Morgan fingerprint density at radius 1 is 1.62 bits per heavy atom. The summed E-state index contributed by atoms with van der Waals surface area (Å²) in [5.41, 5.74) is 2.19.